The number of likely N-dealkylation sites (N-methyl/N-ethyl adjacent to an activating group) is 1. The Bertz CT molecular complexity index is 437. The van der Waals surface area contributed by atoms with Crippen LogP contribution < -0.4 is 16.0 Å². The lowest BCUT2D eigenvalue weighted by Gasteiger charge is -2.22. The fraction of sp³-hybridized carbons (Fsp3) is 0.800. The Kier molecular flexibility index (Phi) is 5.76. The molecule has 0 radical (unpaired) electrons. The van der Waals surface area contributed by atoms with Gasteiger partial charge in [0.05, 0.1) is 13.2 Å². The first-order chi connectivity index (χ1) is 10.5. The Hall–Kier alpha value is -1.63. The minimum atomic E-state index is -0.776. The number of rotatable bonds is 8. The van der Waals surface area contributed by atoms with Gasteiger partial charge in [0.15, 0.2) is 0 Å². The molecule has 2 rings (SSSR count). The molecule has 7 heteroatoms. The molecule has 0 aromatic carbocycles. The second kappa shape index (κ2) is 7.58. The molecular formula is C15H25N3O4. The van der Waals surface area contributed by atoms with Crippen molar-refractivity contribution in [2.45, 2.75) is 44.2 Å². The number of methoxy groups -OCH3 is 1. The van der Waals surface area contributed by atoms with Crippen LogP contribution >= 0.6 is 0 Å². The molecule has 3 N–H and O–H groups in total. The van der Waals surface area contributed by atoms with Crippen molar-refractivity contribution in [3.05, 3.63) is 0 Å². The molecule has 1 aliphatic carbocycles. The number of amides is 2. The predicted octanol–water partition coefficient (Wildman–Crippen LogP) is -0.441. The maximum atomic E-state index is 12.3. The number of carbonyl (C=O) groups excluding carboxylic acids is 3. The highest BCUT2D eigenvalue weighted by atomic mass is 16.5. The molecule has 2 aliphatic rings. The monoisotopic (exact) mass is 311 g/mol. The normalized spacial score (nSPS) is 23.5. The molecule has 0 spiro atoms. The van der Waals surface area contributed by atoms with Crippen molar-refractivity contribution >= 4 is 17.8 Å². The molecule has 0 unspecified atom stereocenters. The highest BCUT2D eigenvalue weighted by molar-refractivity contribution is 5.88. The molecule has 2 fully saturated rings. The second-order valence-corrected chi connectivity index (χ2v) is 6.12. The summed E-state index contributed by atoms with van der Waals surface area (Å²) in [5.41, 5.74) is 0. The summed E-state index contributed by atoms with van der Waals surface area (Å²) in [5.74, 6) is -0.426. The molecule has 124 valence electrons. The van der Waals surface area contributed by atoms with Gasteiger partial charge in [0.2, 0.25) is 11.8 Å². The number of hydrogen-bond donors (Lipinski definition) is 3. The van der Waals surface area contributed by atoms with Crippen molar-refractivity contribution in [3.63, 3.8) is 0 Å². The fourth-order valence-electron chi connectivity index (χ4n) is 2.83. The van der Waals surface area contributed by atoms with E-state index in [2.05, 4.69) is 16.0 Å². The lowest BCUT2D eigenvalue weighted by atomic mass is 9.98. The van der Waals surface area contributed by atoms with Gasteiger partial charge in [-0.3, -0.25) is 9.59 Å². The summed E-state index contributed by atoms with van der Waals surface area (Å²) in [7, 11) is 3.03. The summed E-state index contributed by atoms with van der Waals surface area (Å²) in [5, 5.41) is 8.48. The smallest absolute Gasteiger partial charge is 0.328 e. The van der Waals surface area contributed by atoms with E-state index in [1.807, 2.05) is 0 Å². The summed E-state index contributed by atoms with van der Waals surface area (Å²) < 4.78 is 4.76. The summed E-state index contributed by atoms with van der Waals surface area (Å²) in [6.45, 7) is 0.617. The Balaban J connectivity index is 1.93. The number of ether oxygens (including phenoxy) is 1. The van der Waals surface area contributed by atoms with Gasteiger partial charge in [0.25, 0.3) is 0 Å². The SMILES string of the molecule is CN[C@@H](CC1CC1)C(=O)N[C@@H](C[C@@H]1CCNC1=O)C(=O)OC. The van der Waals surface area contributed by atoms with Crippen molar-refractivity contribution in [2.75, 3.05) is 20.7 Å². The standard InChI is InChI=1S/C15H25N3O4/c1-16-11(7-9-3-4-9)14(20)18-12(15(21)22-2)8-10-5-6-17-13(10)19/h9-12,16H,3-8H2,1-2H3,(H,17,19)(H,18,20)/t10-,11-,12-/m0/s1. The first-order valence-corrected chi connectivity index (χ1v) is 7.88. The summed E-state index contributed by atoms with van der Waals surface area (Å²) >= 11 is 0. The topological polar surface area (TPSA) is 96.5 Å². The number of nitrogens with one attached hydrogen (secondary N) is 3. The average molecular weight is 311 g/mol. The quantitative estimate of drug-likeness (QED) is 0.528. The van der Waals surface area contributed by atoms with E-state index in [1.165, 1.54) is 7.11 Å². The first kappa shape index (κ1) is 16.7. The zero-order valence-corrected chi connectivity index (χ0v) is 13.2. The molecule has 2 amide bonds. The van der Waals surface area contributed by atoms with Gasteiger partial charge in [-0.25, -0.2) is 4.79 Å². The van der Waals surface area contributed by atoms with Crippen LogP contribution in [0.15, 0.2) is 0 Å². The number of carbonyl (C=O) groups is 3. The molecule has 1 aliphatic heterocycles. The molecule has 22 heavy (non-hydrogen) atoms. The van der Waals surface area contributed by atoms with Crippen LogP contribution in [-0.2, 0) is 19.1 Å². The molecule has 0 aromatic rings. The lowest BCUT2D eigenvalue weighted by molar-refractivity contribution is -0.146. The van der Waals surface area contributed by atoms with Crippen molar-refractivity contribution in [2.24, 2.45) is 11.8 Å². The van der Waals surface area contributed by atoms with E-state index in [9.17, 15) is 14.4 Å². The number of esters is 1. The third-order valence-electron chi connectivity index (χ3n) is 4.42. The van der Waals surface area contributed by atoms with Gasteiger partial charge in [-0.05, 0) is 32.2 Å². The van der Waals surface area contributed by atoms with Crippen LogP contribution in [0.1, 0.15) is 32.1 Å². The van der Waals surface area contributed by atoms with E-state index in [4.69, 9.17) is 4.74 Å². The molecule has 1 saturated heterocycles. The summed E-state index contributed by atoms with van der Waals surface area (Å²) in [6.07, 6.45) is 4.06. The summed E-state index contributed by atoms with van der Waals surface area (Å²) in [4.78, 5) is 35.9. The summed E-state index contributed by atoms with van der Waals surface area (Å²) in [6, 6.07) is -1.08. The van der Waals surface area contributed by atoms with E-state index in [-0.39, 0.29) is 30.2 Å². The first-order valence-electron chi connectivity index (χ1n) is 7.88. The zero-order chi connectivity index (χ0) is 16.1. The van der Waals surface area contributed by atoms with Gasteiger partial charge in [-0.1, -0.05) is 12.8 Å². The molecular weight excluding hydrogens is 286 g/mol. The van der Waals surface area contributed by atoms with Crippen molar-refractivity contribution in [3.8, 4) is 0 Å². The molecule has 0 aromatic heterocycles. The zero-order valence-electron chi connectivity index (χ0n) is 13.2. The van der Waals surface area contributed by atoms with Crippen LogP contribution in [0.25, 0.3) is 0 Å². The van der Waals surface area contributed by atoms with Crippen molar-refractivity contribution in [1.29, 1.82) is 0 Å². The molecule has 0 bridgehead atoms. The van der Waals surface area contributed by atoms with Gasteiger partial charge >= 0.3 is 5.97 Å². The van der Waals surface area contributed by atoms with Crippen molar-refractivity contribution < 1.29 is 19.1 Å². The minimum Gasteiger partial charge on any atom is -0.467 e. The van der Waals surface area contributed by atoms with E-state index in [1.54, 1.807) is 7.05 Å². The van der Waals surface area contributed by atoms with Crippen LogP contribution in [0.3, 0.4) is 0 Å². The highest BCUT2D eigenvalue weighted by Gasteiger charge is 2.34. The number of hydrogen-bond acceptors (Lipinski definition) is 5. The maximum absolute atomic E-state index is 12.3. The van der Waals surface area contributed by atoms with Gasteiger partial charge in [0.1, 0.15) is 6.04 Å². The second-order valence-electron chi connectivity index (χ2n) is 6.12. The lowest BCUT2D eigenvalue weighted by Crippen LogP contribution is -2.50. The Morgan fingerprint density at radius 1 is 1.27 bits per heavy atom. The minimum absolute atomic E-state index is 0.0636. The molecule has 1 heterocycles. The Labute approximate surface area is 130 Å². The predicted molar refractivity (Wildman–Crippen MR) is 79.9 cm³/mol. The average Bonchev–Trinajstić information content (AvgIpc) is 3.25. The van der Waals surface area contributed by atoms with Gasteiger partial charge in [-0.15, -0.1) is 0 Å². The molecule has 3 atom stereocenters. The highest BCUT2D eigenvalue weighted by Crippen LogP contribution is 2.33. The van der Waals surface area contributed by atoms with E-state index in [0.717, 1.165) is 19.3 Å². The van der Waals surface area contributed by atoms with Gasteiger partial charge in [0, 0.05) is 12.5 Å². The largest absolute Gasteiger partial charge is 0.467 e. The third kappa shape index (κ3) is 4.43. The van der Waals surface area contributed by atoms with Crippen LogP contribution in [0, 0.1) is 11.8 Å². The Morgan fingerprint density at radius 3 is 2.50 bits per heavy atom. The van der Waals surface area contributed by atoms with Crippen molar-refractivity contribution in [1.82, 2.24) is 16.0 Å². The van der Waals surface area contributed by atoms with Crippen LogP contribution in [0.4, 0.5) is 0 Å². The van der Waals surface area contributed by atoms with Gasteiger partial charge < -0.3 is 20.7 Å². The van der Waals surface area contributed by atoms with Gasteiger partial charge in [-0.2, -0.15) is 0 Å². The van der Waals surface area contributed by atoms with Crippen LogP contribution in [-0.4, -0.2) is 50.6 Å². The molecule has 7 nitrogen and oxygen atoms in total. The van der Waals surface area contributed by atoms with E-state index in [0.29, 0.717) is 18.9 Å². The molecule has 1 saturated carbocycles. The third-order valence-corrected chi connectivity index (χ3v) is 4.42. The van der Waals surface area contributed by atoms with E-state index >= 15 is 0 Å². The van der Waals surface area contributed by atoms with Crippen LogP contribution in [0.5, 0.6) is 0 Å². The van der Waals surface area contributed by atoms with Crippen LogP contribution in [0.2, 0.25) is 0 Å². The van der Waals surface area contributed by atoms with E-state index < -0.39 is 12.0 Å². The Morgan fingerprint density at radius 2 is 2.00 bits per heavy atom. The maximum Gasteiger partial charge on any atom is 0.328 e. The fourth-order valence-corrected chi connectivity index (χ4v) is 2.83.